The highest BCUT2D eigenvalue weighted by Crippen LogP contribution is 2.45. The van der Waals surface area contributed by atoms with Gasteiger partial charge in [0.2, 0.25) is 5.91 Å². The molecular formula is C28H39N3O2. The van der Waals surface area contributed by atoms with E-state index in [-0.39, 0.29) is 24.0 Å². The molecule has 1 N–H and O–H groups in total. The van der Waals surface area contributed by atoms with Crippen molar-refractivity contribution in [3.63, 3.8) is 0 Å². The van der Waals surface area contributed by atoms with E-state index >= 15 is 0 Å². The van der Waals surface area contributed by atoms with Crippen molar-refractivity contribution < 1.29 is 9.53 Å². The molecule has 178 valence electrons. The van der Waals surface area contributed by atoms with E-state index in [4.69, 9.17) is 4.74 Å². The van der Waals surface area contributed by atoms with Gasteiger partial charge in [-0.3, -0.25) is 9.69 Å². The summed E-state index contributed by atoms with van der Waals surface area (Å²) < 4.78 is 8.01. The first-order valence-electron chi connectivity index (χ1n) is 12.9. The van der Waals surface area contributed by atoms with Gasteiger partial charge in [-0.1, -0.05) is 25.1 Å². The lowest BCUT2D eigenvalue weighted by atomic mass is 9.72. The van der Waals surface area contributed by atoms with Crippen LogP contribution in [-0.2, 0) is 22.5 Å². The van der Waals surface area contributed by atoms with Crippen molar-refractivity contribution in [3.05, 3.63) is 48.2 Å². The van der Waals surface area contributed by atoms with Gasteiger partial charge in [0.05, 0.1) is 12.0 Å². The molecule has 2 aliphatic carbocycles. The molecule has 1 aliphatic heterocycles. The van der Waals surface area contributed by atoms with E-state index in [9.17, 15) is 4.79 Å². The number of carbonyl (C=O) groups is 1. The topological polar surface area (TPSA) is 46.5 Å². The van der Waals surface area contributed by atoms with Gasteiger partial charge in [0, 0.05) is 61.8 Å². The minimum Gasteiger partial charge on any atom is -0.381 e. The SMILES string of the molecule is C=CCN1C[C@H](C(=O)NC2CCCC(OC)C2)C[C@@H]2c3cccc4c3c(cn4CCC)C[C@H]21. The quantitative estimate of drug-likeness (QED) is 0.627. The third kappa shape index (κ3) is 4.26. The highest BCUT2D eigenvalue weighted by molar-refractivity contribution is 5.89. The molecule has 2 fully saturated rings. The maximum absolute atomic E-state index is 13.5. The van der Waals surface area contributed by atoms with E-state index in [2.05, 4.69) is 52.7 Å². The summed E-state index contributed by atoms with van der Waals surface area (Å²) in [6.45, 7) is 8.98. The summed E-state index contributed by atoms with van der Waals surface area (Å²) in [5.74, 6) is 0.635. The summed E-state index contributed by atoms with van der Waals surface area (Å²) in [5, 5.41) is 4.85. The van der Waals surface area contributed by atoms with Crippen molar-refractivity contribution in [1.29, 1.82) is 0 Å². The van der Waals surface area contributed by atoms with Crippen LogP contribution < -0.4 is 5.32 Å². The Balaban J connectivity index is 1.41. The number of methoxy groups -OCH3 is 1. The number of rotatable bonds is 7. The van der Waals surface area contributed by atoms with Crippen LogP contribution in [0.3, 0.4) is 0 Å². The number of fused-ring (bicyclic) bond motifs is 2. The van der Waals surface area contributed by atoms with Gasteiger partial charge in [-0.2, -0.15) is 0 Å². The maximum atomic E-state index is 13.5. The third-order valence-corrected chi connectivity index (χ3v) is 8.28. The van der Waals surface area contributed by atoms with Crippen LogP contribution in [0.2, 0.25) is 0 Å². The predicted molar refractivity (Wildman–Crippen MR) is 134 cm³/mol. The maximum Gasteiger partial charge on any atom is 0.224 e. The second-order valence-corrected chi connectivity index (χ2v) is 10.4. The summed E-state index contributed by atoms with van der Waals surface area (Å²) in [6.07, 6.45) is 12.0. The van der Waals surface area contributed by atoms with Gasteiger partial charge in [-0.25, -0.2) is 0 Å². The molecule has 2 unspecified atom stereocenters. The highest BCUT2D eigenvalue weighted by Gasteiger charge is 2.43. The lowest BCUT2D eigenvalue weighted by Crippen LogP contribution is -2.54. The van der Waals surface area contributed by atoms with Gasteiger partial charge < -0.3 is 14.6 Å². The Hall–Kier alpha value is -2.11. The smallest absolute Gasteiger partial charge is 0.224 e. The van der Waals surface area contributed by atoms with E-state index in [0.717, 1.165) is 64.6 Å². The molecule has 1 aromatic heterocycles. The zero-order chi connectivity index (χ0) is 22.9. The average Bonchev–Trinajstić information content (AvgIpc) is 3.18. The van der Waals surface area contributed by atoms with Crippen LogP contribution in [0.1, 0.15) is 62.5 Å². The van der Waals surface area contributed by atoms with Crippen molar-refractivity contribution >= 4 is 16.8 Å². The largest absolute Gasteiger partial charge is 0.381 e. The number of aromatic nitrogens is 1. The number of amides is 1. The number of hydrogen-bond acceptors (Lipinski definition) is 3. The van der Waals surface area contributed by atoms with Crippen molar-refractivity contribution in [2.24, 2.45) is 5.92 Å². The number of piperidine rings is 1. The van der Waals surface area contributed by atoms with E-state index < -0.39 is 0 Å². The molecule has 2 aromatic rings. The first-order chi connectivity index (χ1) is 16.1. The number of nitrogens with zero attached hydrogens (tertiary/aromatic N) is 2. The van der Waals surface area contributed by atoms with Crippen LogP contribution in [0.5, 0.6) is 0 Å². The predicted octanol–water partition coefficient (Wildman–Crippen LogP) is 4.64. The molecule has 5 rings (SSSR count). The van der Waals surface area contributed by atoms with E-state index in [0.29, 0.717) is 12.0 Å². The van der Waals surface area contributed by atoms with Crippen molar-refractivity contribution in [3.8, 4) is 0 Å². The Morgan fingerprint density at radius 1 is 1.30 bits per heavy atom. The zero-order valence-corrected chi connectivity index (χ0v) is 20.3. The minimum atomic E-state index is 0.0173. The third-order valence-electron chi connectivity index (χ3n) is 8.28. The van der Waals surface area contributed by atoms with Crippen LogP contribution >= 0.6 is 0 Å². The monoisotopic (exact) mass is 449 g/mol. The van der Waals surface area contributed by atoms with Crippen LogP contribution in [0, 0.1) is 5.92 Å². The Morgan fingerprint density at radius 3 is 2.97 bits per heavy atom. The molecule has 0 radical (unpaired) electrons. The fourth-order valence-electron chi connectivity index (χ4n) is 6.78. The molecule has 1 saturated heterocycles. The van der Waals surface area contributed by atoms with Gasteiger partial charge in [-0.05, 0) is 62.1 Å². The first-order valence-corrected chi connectivity index (χ1v) is 12.9. The summed E-state index contributed by atoms with van der Waals surface area (Å²) in [5.41, 5.74) is 4.27. The van der Waals surface area contributed by atoms with E-state index in [1.165, 1.54) is 22.0 Å². The number of aryl methyl sites for hydroxylation is 1. The fraction of sp³-hybridized carbons (Fsp3) is 0.607. The zero-order valence-electron chi connectivity index (χ0n) is 20.3. The van der Waals surface area contributed by atoms with E-state index in [1.54, 1.807) is 7.11 Å². The number of hydrogen-bond donors (Lipinski definition) is 1. The molecule has 1 saturated carbocycles. The second kappa shape index (κ2) is 9.63. The summed E-state index contributed by atoms with van der Waals surface area (Å²) in [7, 11) is 1.79. The number of carbonyl (C=O) groups excluding carboxylic acids is 1. The second-order valence-electron chi connectivity index (χ2n) is 10.4. The van der Waals surface area contributed by atoms with Crippen LogP contribution in [0.15, 0.2) is 37.1 Å². The lowest BCUT2D eigenvalue weighted by molar-refractivity contribution is -0.128. The molecule has 3 aliphatic rings. The summed E-state index contributed by atoms with van der Waals surface area (Å²) in [4.78, 5) is 16.0. The molecule has 1 aromatic carbocycles. The van der Waals surface area contributed by atoms with Gasteiger partial charge in [0.1, 0.15) is 0 Å². The average molecular weight is 450 g/mol. The molecular weight excluding hydrogens is 410 g/mol. The molecule has 0 spiro atoms. The molecule has 33 heavy (non-hydrogen) atoms. The van der Waals surface area contributed by atoms with Crippen LogP contribution in [-0.4, -0.2) is 53.8 Å². The van der Waals surface area contributed by atoms with Crippen molar-refractivity contribution in [1.82, 2.24) is 14.8 Å². The molecule has 0 bridgehead atoms. The van der Waals surface area contributed by atoms with Gasteiger partial charge in [-0.15, -0.1) is 6.58 Å². The Kier molecular flexibility index (Phi) is 6.62. The highest BCUT2D eigenvalue weighted by atomic mass is 16.5. The number of ether oxygens (including phenoxy) is 1. The summed E-state index contributed by atoms with van der Waals surface area (Å²) in [6, 6.07) is 7.48. The normalized spacial score (nSPS) is 29.6. The molecule has 1 amide bonds. The Morgan fingerprint density at radius 2 is 2.18 bits per heavy atom. The fourth-order valence-corrected chi connectivity index (χ4v) is 6.78. The number of benzene rings is 1. The molecule has 5 atom stereocenters. The lowest BCUT2D eigenvalue weighted by Gasteiger charge is -2.46. The molecule has 5 nitrogen and oxygen atoms in total. The molecule has 5 heteroatoms. The minimum absolute atomic E-state index is 0.0173. The number of nitrogens with one attached hydrogen (secondary N) is 1. The Bertz CT molecular complexity index is 1010. The first kappa shape index (κ1) is 22.7. The van der Waals surface area contributed by atoms with Gasteiger partial charge in [0.15, 0.2) is 0 Å². The number of likely N-dealkylation sites (tertiary alicyclic amines) is 1. The standard InChI is InChI=1S/C28H39N3O2/c1-4-12-30-17-19-15-26-24(23-10-7-11-25(30)27(19)23)14-20(18-31(26)13-5-2)28(32)29-21-8-6-9-22(16-21)33-3/h5,7,10-11,17,20-22,24,26H,2,4,6,8-9,12-16,18H2,1,3H3,(H,29,32)/t20-,21?,22?,24-,26-/m1/s1. The van der Waals surface area contributed by atoms with Crippen LogP contribution in [0.25, 0.3) is 10.9 Å². The van der Waals surface area contributed by atoms with E-state index in [1.807, 2.05) is 6.08 Å². The van der Waals surface area contributed by atoms with Crippen LogP contribution in [0.4, 0.5) is 0 Å². The van der Waals surface area contributed by atoms with Gasteiger partial charge in [0.25, 0.3) is 0 Å². The van der Waals surface area contributed by atoms with Crippen molar-refractivity contribution in [2.45, 2.75) is 82.5 Å². The summed E-state index contributed by atoms with van der Waals surface area (Å²) >= 11 is 0. The Labute approximate surface area is 198 Å². The van der Waals surface area contributed by atoms with Crippen molar-refractivity contribution in [2.75, 3.05) is 20.2 Å². The molecule has 2 heterocycles. The van der Waals surface area contributed by atoms with Gasteiger partial charge >= 0.3 is 0 Å².